The van der Waals surface area contributed by atoms with Gasteiger partial charge in [-0.25, -0.2) is 8.91 Å². The molecule has 0 unspecified atom stereocenters. The van der Waals surface area contributed by atoms with Crippen LogP contribution in [0.5, 0.6) is 0 Å². The van der Waals surface area contributed by atoms with Gasteiger partial charge in [0.05, 0.1) is 17.0 Å². The Hall–Kier alpha value is -3.61. The van der Waals surface area contributed by atoms with E-state index in [2.05, 4.69) is 15.5 Å². The molecule has 4 rings (SSSR count). The van der Waals surface area contributed by atoms with Gasteiger partial charge in [0.2, 0.25) is 0 Å². The summed E-state index contributed by atoms with van der Waals surface area (Å²) in [4.78, 5) is 12.7. The van der Waals surface area contributed by atoms with Crippen molar-refractivity contribution in [3.8, 4) is 11.1 Å². The fraction of sp³-hybridized carbons (Fsp3) is 0.182. The lowest BCUT2D eigenvalue weighted by atomic mass is 9.99. The van der Waals surface area contributed by atoms with Crippen LogP contribution in [-0.2, 0) is 0 Å². The highest BCUT2D eigenvalue weighted by molar-refractivity contribution is 6.03. The van der Waals surface area contributed by atoms with Crippen LogP contribution in [-0.4, -0.2) is 25.7 Å². The quantitative estimate of drug-likeness (QED) is 0.553. The number of anilines is 1. The second-order valence-electron chi connectivity index (χ2n) is 7.11. The van der Waals surface area contributed by atoms with Gasteiger partial charge in [-0.3, -0.25) is 4.79 Å². The Morgan fingerprint density at radius 3 is 2.38 bits per heavy atom. The Kier molecular flexibility index (Phi) is 4.80. The van der Waals surface area contributed by atoms with Crippen LogP contribution < -0.4 is 5.32 Å². The molecule has 1 amide bonds. The first-order chi connectivity index (χ1) is 14.0. The molecular weight excluding hydrogens is 369 g/mol. The maximum atomic E-state index is 13.4. The summed E-state index contributed by atoms with van der Waals surface area (Å²) in [6, 6.07) is 15.4. The normalized spacial score (nSPS) is 11.2. The van der Waals surface area contributed by atoms with Crippen molar-refractivity contribution in [1.82, 2.24) is 19.8 Å². The molecule has 146 valence electrons. The van der Waals surface area contributed by atoms with Crippen molar-refractivity contribution in [2.24, 2.45) is 0 Å². The van der Waals surface area contributed by atoms with E-state index in [-0.39, 0.29) is 23.3 Å². The van der Waals surface area contributed by atoms with Crippen molar-refractivity contribution < 1.29 is 9.18 Å². The summed E-state index contributed by atoms with van der Waals surface area (Å²) < 4.78 is 15.0. The summed E-state index contributed by atoms with van der Waals surface area (Å²) in [5, 5.41) is 16.0. The largest absolute Gasteiger partial charge is 0.321 e. The lowest BCUT2D eigenvalue weighted by Crippen LogP contribution is -2.18. The van der Waals surface area contributed by atoms with Crippen molar-refractivity contribution in [2.75, 3.05) is 5.32 Å². The predicted octanol–water partition coefficient (Wildman–Crippen LogP) is 4.61. The van der Waals surface area contributed by atoms with Gasteiger partial charge >= 0.3 is 0 Å². The van der Waals surface area contributed by atoms with Gasteiger partial charge in [-0.1, -0.05) is 44.2 Å². The van der Waals surface area contributed by atoms with E-state index in [0.29, 0.717) is 17.0 Å². The molecule has 0 atom stereocenters. The smallest absolute Gasteiger partial charge is 0.278 e. The summed E-state index contributed by atoms with van der Waals surface area (Å²) in [5.41, 5.74) is 4.41. The fourth-order valence-electron chi connectivity index (χ4n) is 3.24. The molecule has 2 aromatic carbocycles. The Balaban J connectivity index is 1.83. The minimum absolute atomic E-state index is 0.109. The number of fused-ring (bicyclic) bond motifs is 1. The standard InChI is InChI=1S/C22H20FN5O/c1-13(2)19-18(15-9-11-16(23)12-10-15)21-26-25-20(14(3)28(21)27-19)22(29)24-17-7-5-4-6-8-17/h4-13H,1-3H3,(H,24,29). The van der Waals surface area contributed by atoms with E-state index in [9.17, 15) is 9.18 Å². The molecule has 2 aromatic heterocycles. The minimum Gasteiger partial charge on any atom is -0.321 e. The van der Waals surface area contributed by atoms with Gasteiger partial charge in [-0.15, -0.1) is 10.2 Å². The van der Waals surface area contributed by atoms with E-state index in [1.807, 2.05) is 32.0 Å². The second-order valence-corrected chi connectivity index (χ2v) is 7.11. The highest BCUT2D eigenvalue weighted by atomic mass is 19.1. The summed E-state index contributed by atoms with van der Waals surface area (Å²) >= 11 is 0. The number of para-hydroxylation sites is 1. The van der Waals surface area contributed by atoms with E-state index in [4.69, 9.17) is 5.10 Å². The molecule has 29 heavy (non-hydrogen) atoms. The number of carbonyl (C=O) groups is 1. The van der Waals surface area contributed by atoms with E-state index in [1.54, 1.807) is 35.7 Å². The van der Waals surface area contributed by atoms with Crippen LogP contribution in [0.25, 0.3) is 16.8 Å². The first kappa shape index (κ1) is 18.7. The molecule has 0 fully saturated rings. The van der Waals surface area contributed by atoms with E-state index in [0.717, 1.165) is 16.8 Å². The van der Waals surface area contributed by atoms with Crippen molar-refractivity contribution in [2.45, 2.75) is 26.7 Å². The van der Waals surface area contributed by atoms with Gasteiger partial charge in [0.25, 0.3) is 5.91 Å². The lowest BCUT2D eigenvalue weighted by molar-refractivity contribution is 0.102. The van der Waals surface area contributed by atoms with Gasteiger partial charge in [0, 0.05) is 5.69 Å². The Bertz CT molecular complexity index is 1180. The van der Waals surface area contributed by atoms with Gasteiger partial charge in [0.1, 0.15) is 5.82 Å². The number of hydrogen-bond donors (Lipinski definition) is 1. The number of nitrogens with one attached hydrogen (secondary N) is 1. The third-order valence-electron chi connectivity index (χ3n) is 4.72. The van der Waals surface area contributed by atoms with Crippen LogP contribution in [0.2, 0.25) is 0 Å². The first-order valence-corrected chi connectivity index (χ1v) is 9.34. The average molecular weight is 389 g/mol. The maximum absolute atomic E-state index is 13.4. The molecule has 7 heteroatoms. The molecule has 2 heterocycles. The monoisotopic (exact) mass is 389 g/mol. The number of hydrogen-bond acceptors (Lipinski definition) is 4. The highest BCUT2D eigenvalue weighted by Gasteiger charge is 2.23. The van der Waals surface area contributed by atoms with Gasteiger partial charge in [-0.05, 0) is 42.7 Å². The predicted molar refractivity (Wildman–Crippen MR) is 109 cm³/mol. The topological polar surface area (TPSA) is 72.2 Å². The first-order valence-electron chi connectivity index (χ1n) is 9.34. The molecule has 6 nitrogen and oxygen atoms in total. The van der Waals surface area contributed by atoms with Crippen molar-refractivity contribution in [1.29, 1.82) is 0 Å². The van der Waals surface area contributed by atoms with E-state index >= 15 is 0 Å². The molecule has 0 saturated carbocycles. The Labute approximate surface area is 167 Å². The lowest BCUT2D eigenvalue weighted by Gasteiger charge is -2.08. The number of nitrogens with zero attached hydrogens (tertiary/aromatic N) is 4. The van der Waals surface area contributed by atoms with Crippen molar-refractivity contribution >= 4 is 17.2 Å². The summed E-state index contributed by atoms with van der Waals surface area (Å²) in [7, 11) is 0. The SMILES string of the molecule is Cc1c(C(=O)Nc2ccccc2)nnc2c(-c3ccc(F)cc3)c(C(C)C)nn12. The number of aryl methyl sites for hydroxylation is 1. The minimum atomic E-state index is -0.354. The Morgan fingerprint density at radius 2 is 1.72 bits per heavy atom. The summed E-state index contributed by atoms with van der Waals surface area (Å²) in [6.45, 7) is 5.84. The molecule has 1 N–H and O–H groups in total. The number of benzene rings is 2. The molecule has 4 aromatic rings. The number of carbonyl (C=O) groups excluding carboxylic acids is 1. The van der Waals surface area contributed by atoms with Crippen LogP contribution in [0.4, 0.5) is 10.1 Å². The summed E-state index contributed by atoms with van der Waals surface area (Å²) in [5.74, 6) is -0.552. The van der Waals surface area contributed by atoms with Crippen LogP contribution in [0.1, 0.15) is 41.6 Å². The average Bonchev–Trinajstić information content (AvgIpc) is 3.10. The molecular formula is C22H20FN5O. The molecule has 0 aliphatic carbocycles. The third-order valence-corrected chi connectivity index (χ3v) is 4.72. The van der Waals surface area contributed by atoms with Crippen LogP contribution in [0.15, 0.2) is 54.6 Å². The highest BCUT2D eigenvalue weighted by Crippen LogP contribution is 2.32. The maximum Gasteiger partial charge on any atom is 0.278 e. The zero-order chi connectivity index (χ0) is 20.5. The van der Waals surface area contributed by atoms with Crippen molar-refractivity contribution in [3.63, 3.8) is 0 Å². The van der Waals surface area contributed by atoms with Crippen molar-refractivity contribution in [3.05, 3.63) is 77.5 Å². The van der Waals surface area contributed by atoms with Crippen LogP contribution in [0, 0.1) is 12.7 Å². The molecule has 0 aliphatic heterocycles. The number of rotatable bonds is 4. The molecule has 0 aliphatic rings. The molecule has 0 spiro atoms. The van der Waals surface area contributed by atoms with Gasteiger partial charge in [-0.2, -0.15) is 5.10 Å². The number of aromatic nitrogens is 4. The van der Waals surface area contributed by atoms with Gasteiger partial charge < -0.3 is 5.32 Å². The van der Waals surface area contributed by atoms with Gasteiger partial charge in [0.15, 0.2) is 11.3 Å². The molecule has 0 bridgehead atoms. The second kappa shape index (κ2) is 7.43. The van der Waals surface area contributed by atoms with E-state index in [1.165, 1.54) is 12.1 Å². The van der Waals surface area contributed by atoms with E-state index < -0.39 is 0 Å². The zero-order valence-corrected chi connectivity index (χ0v) is 16.3. The zero-order valence-electron chi connectivity index (χ0n) is 16.3. The third kappa shape index (κ3) is 3.47. The number of amides is 1. The molecule has 0 radical (unpaired) electrons. The summed E-state index contributed by atoms with van der Waals surface area (Å²) in [6.07, 6.45) is 0. The number of halogens is 1. The van der Waals surface area contributed by atoms with Crippen LogP contribution in [0.3, 0.4) is 0 Å². The van der Waals surface area contributed by atoms with Crippen LogP contribution >= 0.6 is 0 Å². The molecule has 0 saturated heterocycles. The fourth-order valence-corrected chi connectivity index (χ4v) is 3.24. The Morgan fingerprint density at radius 1 is 1.03 bits per heavy atom.